The molecular formula is C26H23NO5. The van der Waals surface area contributed by atoms with Crippen LogP contribution >= 0.6 is 0 Å². The predicted molar refractivity (Wildman–Crippen MR) is 124 cm³/mol. The standard InChI is InChI=1S/C26H23NO5/c1-3-17-9-14-22-21(15-17)24(29)26(25(32-22)18-10-12-20(30-2)13-11-18)31-16-23(28)27-19-7-5-4-6-8-19/h4-15H,3,16H2,1-2H3,(H,27,28). The number of nitrogens with one attached hydrogen (secondary N) is 1. The van der Waals surface area contributed by atoms with Gasteiger partial charge in [0.25, 0.3) is 5.91 Å². The van der Waals surface area contributed by atoms with Crippen molar-refractivity contribution in [3.8, 4) is 22.8 Å². The first-order chi connectivity index (χ1) is 15.6. The smallest absolute Gasteiger partial charge is 0.262 e. The normalized spacial score (nSPS) is 10.7. The molecule has 1 heterocycles. The number of carbonyl (C=O) groups is 1. The van der Waals surface area contributed by atoms with Gasteiger partial charge in [0, 0.05) is 11.3 Å². The summed E-state index contributed by atoms with van der Waals surface area (Å²) < 4.78 is 17.0. The Morgan fingerprint density at radius 3 is 2.44 bits per heavy atom. The minimum Gasteiger partial charge on any atom is -0.497 e. The van der Waals surface area contributed by atoms with Crippen molar-refractivity contribution in [2.45, 2.75) is 13.3 Å². The number of methoxy groups -OCH3 is 1. The number of carbonyl (C=O) groups excluding carboxylic acids is 1. The summed E-state index contributed by atoms with van der Waals surface area (Å²) in [5.41, 5.74) is 2.44. The maximum Gasteiger partial charge on any atom is 0.262 e. The molecule has 0 radical (unpaired) electrons. The molecule has 0 fully saturated rings. The van der Waals surface area contributed by atoms with Crippen LogP contribution in [0.4, 0.5) is 5.69 Å². The van der Waals surface area contributed by atoms with Gasteiger partial charge in [-0.25, -0.2) is 0 Å². The Morgan fingerprint density at radius 2 is 1.75 bits per heavy atom. The zero-order valence-electron chi connectivity index (χ0n) is 17.9. The summed E-state index contributed by atoms with van der Waals surface area (Å²) in [6.07, 6.45) is 0.783. The van der Waals surface area contributed by atoms with E-state index in [9.17, 15) is 9.59 Å². The van der Waals surface area contributed by atoms with Gasteiger partial charge in [0.15, 0.2) is 12.4 Å². The first kappa shape index (κ1) is 21.2. The molecule has 1 N–H and O–H groups in total. The Balaban J connectivity index is 1.72. The van der Waals surface area contributed by atoms with Crippen molar-refractivity contribution in [1.29, 1.82) is 0 Å². The number of aryl methyl sites for hydroxylation is 1. The molecule has 32 heavy (non-hydrogen) atoms. The molecule has 162 valence electrons. The molecule has 0 spiro atoms. The molecule has 1 amide bonds. The van der Waals surface area contributed by atoms with E-state index in [1.807, 2.05) is 31.2 Å². The topological polar surface area (TPSA) is 77.8 Å². The molecule has 0 saturated heterocycles. The molecule has 0 saturated carbocycles. The lowest BCUT2D eigenvalue weighted by Gasteiger charge is -2.13. The number of hydrogen-bond acceptors (Lipinski definition) is 5. The SMILES string of the molecule is CCc1ccc2oc(-c3ccc(OC)cc3)c(OCC(=O)Nc3ccccc3)c(=O)c2c1. The van der Waals surface area contributed by atoms with Gasteiger partial charge in [-0.05, 0) is 60.5 Å². The van der Waals surface area contributed by atoms with E-state index in [1.54, 1.807) is 55.6 Å². The van der Waals surface area contributed by atoms with E-state index in [0.29, 0.717) is 28.0 Å². The summed E-state index contributed by atoms with van der Waals surface area (Å²) in [7, 11) is 1.58. The number of ether oxygens (including phenoxy) is 2. The van der Waals surface area contributed by atoms with Crippen LogP contribution in [0.25, 0.3) is 22.3 Å². The lowest BCUT2D eigenvalue weighted by Crippen LogP contribution is -2.22. The van der Waals surface area contributed by atoms with E-state index in [-0.39, 0.29) is 29.5 Å². The Kier molecular flexibility index (Phi) is 6.22. The van der Waals surface area contributed by atoms with Crippen LogP contribution in [-0.4, -0.2) is 19.6 Å². The predicted octanol–water partition coefficient (Wildman–Crippen LogP) is 5.05. The van der Waals surface area contributed by atoms with E-state index in [0.717, 1.165) is 12.0 Å². The van der Waals surface area contributed by atoms with Crippen LogP contribution in [0, 0.1) is 0 Å². The van der Waals surface area contributed by atoms with Crippen LogP contribution < -0.4 is 20.2 Å². The van der Waals surface area contributed by atoms with Gasteiger partial charge in [-0.2, -0.15) is 0 Å². The Morgan fingerprint density at radius 1 is 1.00 bits per heavy atom. The van der Waals surface area contributed by atoms with Crippen LogP contribution in [-0.2, 0) is 11.2 Å². The monoisotopic (exact) mass is 429 g/mol. The van der Waals surface area contributed by atoms with Crippen molar-refractivity contribution < 1.29 is 18.7 Å². The lowest BCUT2D eigenvalue weighted by atomic mass is 10.1. The molecule has 0 aliphatic carbocycles. The Hall–Kier alpha value is -4.06. The van der Waals surface area contributed by atoms with E-state index in [2.05, 4.69) is 5.32 Å². The fourth-order valence-corrected chi connectivity index (χ4v) is 3.37. The second-order valence-electron chi connectivity index (χ2n) is 7.20. The first-order valence-corrected chi connectivity index (χ1v) is 10.3. The average Bonchev–Trinajstić information content (AvgIpc) is 2.84. The van der Waals surface area contributed by atoms with Crippen LogP contribution in [0.1, 0.15) is 12.5 Å². The van der Waals surface area contributed by atoms with Crippen molar-refractivity contribution in [3.05, 3.63) is 88.6 Å². The summed E-state index contributed by atoms with van der Waals surface area (Å²) in [6, 6.07) is 21.7. The Bertz CT molecular complexity index is 1290. The summed E-state index contributed by atoms with van der Waals surface area (Å²) in [6.45, 7) is 1.68. The maximum absolute atomic E-state index is 13.3. The molecule has 6 nitrogen and oxygen atoms in total. The van der Waals surface area contributed by atoms with Crippen molar-refractivity contribution >= 4 is 22.6 Å². The maximum atomic E-state index is 13.3. The van der Waals surface area contributed by atoms with E-state index in [4.69, 9.17) is 13.9 Å². The zero-order chi connectivity index (χ0) is 22.5. The molecule has 0 bridgehead atoms. The average molecular weight is 429 g/mol. The number of anilines is 1. The van der Waals surface area contributed by atoms with Gasteiger partial charge >= 0.3 is 0 Å². The van der Waals surface area contributed by atoms with Crippen molar-refractivity contribution in [3.63, 3.8) is 0 Å². The molecule has 0 atom stereocenters. The lowest BCUT2D eigenvalue weighted by molar-refractivity contribution is -0.118. The molecule has 6 heteroatoms. The van der Waals surface area contributed by atoms with Crippen molar-refractivity contribution in [2.24, 2.45) is 0 Å². The minimum absolute atomic E-state index is 0.000804. The number of benzene rings is 3. The van der Waals surface area contributed by atoms with Crippen molar-refractivity contribution in [1.82, 2.24) is 0 Å². The quantitative estimate of drug-likeness (QED) is 0.445. The highest BCUT2D eigenvalue weighted by atomic mass is 16.5. The fraction of sp³-hybridized carbons (Fsp3) is 0.154. The van der Waals surface area contributed by atoms with Gasteiger partial charge in [-0.3, -0.25) is 9.59 Å². The zero-order valence-corrected chi connectivity index (χ0v) is 17.9. The van der Waals surface area contributed by atoms with E-state index < -0.39 is 0 Å². The van der Waals surface area contributed by atoms with Crippen LogP contribution in [0.5, 0.6) is 11.5 Å². The van der Waals surface area contributed by atoms with Gasteiger partial charge < -0.3 is 19.2 Å². The summed E-state index contributed by atoms with van der Waals surface area (Å²) >= 11 is 0. The van der Waals surface area contributed by atoms with Crippen LogP contribution in [0.2, 0.25) is 0 Å². The molecule has 0 aliphatic heterocycles. The summed E-state index contributed by atoms with van der Waals surface area (Å²) in [5.74, 6) is 0.564. The first-order valence-electron chi connectivity index (χ1n) is 10.3. The van der Waals surface area contributed by atoms with Crippen molar-refractivity contribution in [2.75, 3.05) is 19.0 Å². The molecule has 0 unspecified atom stereocenters. The highest BCUT2D eigenvalue weighted by Gasteiger charge is 2.19. The van der Waals surface area contributed by atoms with Crippen LogP contribution in [0.3, 0.4) is 0 Å². The largest absolute Gasteiger partial charge is 0.497 e. The molecule has 0 aliphatic rings. The van der Waals surface area contributed by atoms with Gasteiger partial charge in [0.05, 0.1) is 12.5 Å². The number of para-hydroxylation sites is 1. The highest BCUT2D eigenvalue weighted by Crippen LogP contribution is 2.32. The molecule has 1 aromatic heterocycles. The van der Waals surface area contributed by atoms with E-state index >= 15 is 0 Å². The molecular weight excluding hydrogens is 406 g/mol. The second-order valence-corrected chi connectivity index (χ2v) is 7.20. The molecule has 3 aromatic carbocycles. The third-order valence-corrected chi connectivity index (χ3v) is 5.08. The third kappa shape index (κ3) is 4.49. The summed E-state index contributed by atoms with van der Waals surface area (Å²) in [4.78, 5) is 25.8. The third-order valence-electron chi connectivity index (χ3n) is 5.08. The Labute approximate surface area is 185 Å². The van der Waals surface area contributed by atoms with Gasteiger partial charge in [-0.15, -0.1) is 0 Å². The molecule has 4 aromatic rings. The van der Waals surface area contributed by atoms with Crippen LogP contribution in [0.15, 0.2) is 82.0 Å². The fourth-order valence-electron chi connectivity index (χ4n) is 3.37. The minimum atomic E-state index is -0.376. The van der Waals surface area contributed by atoms with E-state index in [1.165, 1.54) is 0 Å². The number of hydrogen-bond donors (Lipinski definition) is 1. The molecule has 4 rings (SSSR count). The van der Waals surface area contributed by atoms with Gasteiger partial charge in [0.1, 0.15) is 11.3 Å². The second kappa shape index (κ2) is 9.39. The van der Waals surface area contributed by atoms with Gasteiger partial charge in [0.2, 0.25) is 11.2 Å². The number of amides is 1. The summed E-state index contributed by atoms with van der Waals surface area (Å²) in [5, 5.41) is 3.16. The number of fused-ring (bicyclic) bond motifs is 1. The highest BCUT2D eigenvalue weighted by molar-refractivity contribution is 5.92. The number of rotatable bonds is 7. The van der Waals surface area contributed by atoms with Gasteiger partial charge in [-0.1, -0.05) is 31.2 Å².